The molecule has 1 aromatic rings. The lowest BCUT2D eigenvalue weighted by Crippen LogP contribution is -2.48. The average Bonchev–Trinajstić information content (AvgIpc) is 2.82. The second-order valence-electron chi connectivity index (χ2n) is 4.68. The fourth-order valence-electron chi connectivity index (χ4n) is 2.27. The second kappa shape index (κ2) is 6.14. The van der Waals surface area contributed by atoms with E-state index in [-0.39, 0.29) is 6.04 Å². The number of nitrogens with one attached hydrogen (secondary N) is 1. The van der Waals surface area contributed by atoms with Crippen molar-refractivity contribution in [3.05, 3.63) is 22.4 Å². The van der Waals surface area contributed by atoms with Crippen LogP contribution in [-0.4, -0.2) is 31.9 Å². The average molecular weight is 288 g/mol. The van der Waals surface area contributed by atoms with Gasteiger partial charge in [0.2, 0.25) is 0 Å². The van der Waals surface area contributed by atoms with Gasteiger partial charge in [-0.05, 0) is 37.6 Å². The Morgan fingerprint density at radius 2 is 2.33 bits per heavy atom. The molecule has 6 heteroatoms. The van der Waals surface area contributed by atoms with E-state index in [1.54, 1.807) is 15.6 Å². The summed E-state index contributed by atoms with van der Waals surface area (Å²) in [6, 6.07) is 4.14. The molecule has 1 aromatic heterocycles. The fraction of sp³-hybridized carbons (Fsp3) is 0.667. The Morgan fingerprint density at radius 1 is 1.50 bits per heavy atom. The molecule has 0 saturated carbocycles. The minimum Gasteiger partial charge on any atom is -0.202 e. The lowest BCUT2D eigenvalue weighted by Gasteiger charge is -2.32. The predicted molar refractivity (Wildman–Crippen MR) is 75.0 cm³/mol. The molecule has 1 N–H and O–H groups in total. The maximum Gasteiger partial charge on any atom is 0.279 e. The summed E-state index contributed by atoms with van der Waals surface area (Å²) >= 11 is 1.66. The maximum absolute atomic E-state index is 12.1. The summed E-state index contributed by atoms with van der Waals surface area (Å²) in [5.41, 5.74) is 0. The number of thiophene rings is 1. The van der Waals surface area contributed by atoms with Gasteiger partial charge in [-0.25, -0.2) is 4.72 Å². The van der Waals surface area contributed by atoms with Crippen LogP contribution in [0.15, 0.2) is 17.5 Å². The molecule has 18 heavy (non-hydrogen) atoms. The van der Waals surface area contributed by atoms with Crippen molar-refractivity contribution in [3.8, 4) is 0 Å². The lowest BCUT2D eigenvalue weighted by atomic mass is 10.1. The number of rotatable bonds is 5. The summed E-state index contributed by atoms with van der Waals surface area (Å²) in [4.78, 5) is 1.21. The van der Waals surface area contributed by atoms with Crippen LogP contribution in [0.5, 0.6) is 0 Å². The van der Waals surface area contributed by atoms with E-state index in [0.29, 0.717) is 13.1 Å². The largest absolute Gasteiger partial charge is 0.279 e. The summed E-state index contributed by atoms with van der Waals surface area (Å²) in [5.74, 6) is 0. The van der Waals surface area contributed by atoms with E-state index in [9.17, 15) is 8.42 Å². The monoisotopic (exact) mass is 288 g/mol. The van der Waals surface area contributed by atoms with Crippen molar-refractivity contribution in [1.29, 1.82) is 0 Å². The first kappa shape index (κ1) is 14.0. The molecule has 1 fully saturated rings. The van der Waals surface area contributed by atoms with Gasteiger partial charge < -0.3 is 0 Å². The Morgan fingerprint density at radius 3 is 3.00 bits per heavy atom. The molecule has 4 nitrogen and oxygen atoms in total. The van der Waals surface area contributed by atoms with Gasteiger partial charge in [-0.15, -0.1) is 11.3 Å². The van der Waals surface area contributed by atoms with Gasteiger partial charge in [0.05, 0.1) is 0 Å². The minimum atomic E-state index is -3.30. The van der Waals surface area contributed by atoms with E-state index in [2.05, 4.69) is 4.72 Å². The van der Waals surface area contributed by atoms with Crippen molar-refractivity contribution >= 4 is 21.5 Å². The predicted octanol–water partition coefficient (Wildman–Crippen LogP) is 2.00. The molecule has 0 amide bonds. The highest BCUT2D eigenvalue weighted by Crippen LogP contribution is 2.19. The van der Waals surface area contributed by atoms with E-state index in [1.807, 2.05) is 24.4 Å². The first-order chi connectivity index (χ1) is 8.59. The highest BCUT2D eigenvalue weighted by Gasteiger charge is 2.28. The third-order valence-electron chi connectivity index (χ3n) is 3.29. The van der Waals surface area contributed by atoms with Crippen LogP contribution < -0.4 is 4.72 Å². The molecule has 0 radical (unpaired) electrons. The van der Waals surface area contributed by atoms with Crippen LogP contribution in [0.25, 0.3) is 0 Å². The highest BCUT2D eigenvalue weighted by atomic mass is 32.2. The van der Waals surface area contributed by atoms with E-state index in [0.717, 1.165) is 25.7 Å². The molecule has 2 heterocycles. The molecule has 2 rings (SSSR count). The Balaban J connectivity index is 1.86. The Bertz CT molecular complexity index is 456. The Kier molecular flexibility index (Phi) is 4.77. The molecule has 1 saturated heterocycles. The zero-order valence-corrected chi connectivity index (χ0v) is 12.3. The maximum atomic E-state index is 12.1. The normalized spacial score (nSPS) is 22.2. The second-order valence-corrected chi connectivity index (χ2v) is 7.42. The van der Waals surface area contributed by atoms with Crippen molar-refractivity contribution < 1.29 is 8.42 Å². The molecule has 0 unspecified atom stereocenters. The summed E-state index contributed by atoms with van der Waals surface area (Å²) in [6.45, 7) is 3.11. The van der Waals surface area contributed by atoms with Gasteiger partial charge in [-0.1, -0.05) is 12.5 Å². The number of nitrogens with zero attached hydrogens (tertiary/aromatic N) is 1. The molecule has 1 aliphatic heterocycles. The quantitative estimate of drug-likeness (QED) is 0.901. The standard InChI is InChI=1S/C12H20N2O2S2/c1-11-5-2-3-9-14(11)18(15,16)13-8-7-12-6-4-10-17-12/h4,6,10-11,13H,2-3,5,7-9H2,1H3/t11-/m1/s1. The molecule has 0 bridgehead atoms. The van der Waals surface area contributed by atoms with Crippen LogP contribution >= 0.6 is 11.3 Å². The van der Waals surface area contributed by atoms with E-state index in [1.165, 1.54) is 4.88 Å². The van der Waals surface area contributed by atoms with Crippen LogP contribution in [0.2, 0.25) is 0 Å². The third kappa shape index (κ3) is 3.54. The lowest BCUT2D eigenvalue weighted by molar-refractivity contribution is 0.265. The Labute approximate surface area is 113 Å². The molecule has 102 valence electrons. The molecule has 0 spiro atoms. The zero-order chi connectivity index (χ0) is 13.0. The van der Waals surface area contributed by atoms with E-state index >= 15 is 0 Å². The zero-order valence-electron chi connectivity index (χ0n) is 10.6. The Hall–Kier alpha value is -0.430. The third-order valence-corrected chi connectivity index (χ3v) is 5.95. The highest BCUT2D eigenvalue weighted by molar-refractivity contribution is 7.87. The van der Waals surface area contributed by atoms with Crippen molar-refractivity contribution in [2.75, 3.05) is 13.1 Å². The van der Waals surface area contributed by atoms with Gasteiger partial charge in [-0.2, -0.15) is 12.7 Å². The molecular formula is C12H20N2O2S2. The van der Waals surface area contributed by atoms with Crippen LogP contribution in [0, 0.1) is 0 Å². The minimum absolute atomic E-state index is 0.123. The molecule has 0 aromatic carbocycles. The first-order valence-electron chi connectivity index (χ1n) is 6.38. The topological polar surface area (TPSA) is 49.4 Å². The summed E-state index contributed by atoms with van der Waals surface area (Å²) in [5, 5.41) is 2.01. The van der Waals surface area contributed by atoms with E-state index < -0.39 is 10.2 Å². The summed E-state index contributed by atoms with van der Waals surface area (Å²) in [6.07, 6.45) is 3.82. The smallest absolute Gasteiger partial charge is 0.202 e. The van der Waals surface area contributed by atoms with Crippen LogP contribution in [0.1, 0.15) is 31.1 Å². The SMILES string of the molecule is C[C@@H]1CCCCN1S(=O)(=O)NCCc1cccs1. The number of hydrogen-bond donors (Lipinski definition) is 1. The van der Waals surface area contributed by atoms with Crippen molar-refractivity contribution in [3.63, 3.8) is 0 Å². The fourth-order valence-corrected chi connectivity index (χ4v) is 4.45. The van der Waals surface area contributed by atoms with Gasteiger partial charge in [-0.3, -0.25) is 0 Å². The number of piperidine rings is 1. The van der Waals surface area contributed by atoms with Crippen molar-refractivity contribution in [1.82, 2.24) is 9.03 Å². The van der Waals surface area contributed by atoms with Crippen LogP contribution in [0.3, 0.4) is 0 Å². The molecule has 1 atom stereocenters. The molecule has 1 aliphatic rings. The van der Waals surface area contributed by atoms with Gasteiger partial charge in [0, 0.05) is 24.0 Å². The molecule has 0 aliphatic carbocycles. The molecular weight excluding hydrogens is 268 g/mol. The summed E-state index contributed by atoms with van der Waals surface area (Å²) < 4.78 is 28.6. The van der Waals surface area contributed by atoms with E-state index in [4.69, 9.17) is 0 Å². The van der Waals surface area contributed by atoms with Crippen molar-refractivity contribution in [2.45, 2.75) is 38.6 Å². The van der Waals surface area contributed by atoms with Gasteiger partial charge in [0.1, 0.15) is 0 Å². The first-order valence-corrected chi connectivity index (χ1v) is 8.70. The van der Waals surface area contributed by atoms with Gasteiger partial charge in [0.15, 0.2) is 0 Å². The summed E-state index contributed by atoms with van der Waals surface area (Å²) in [7, 11) is -3.30. The number of hydrogen-bond acceptors (Lipinski definition) is 3. The van der Waals surface area contributed by atoms with Crippen LogP contribution in [-0.2, 0) is 16.6 Å². The van der Waals surface area contributed by atoms with Crippen LogP contribution in [0.4, 0.5) is 0 Å². The van der Waals surface area contributed by atoms with Crippen molar-refractivity contribution in [2.24, 2.45) is 0 Å². The van der Waals surface area contributed by atoms with Gasteiger partial charge >= 0.3 is 0 Å². The van der Waals surface area contributed by atoms with Gasteiger partial charge in [0.25, 0.3) is 10.2 Å².